The summed E-state index contributed by atoms with van der Waals surface area (Å²) in [7, 11) is -6.72. The van der Waals surface area contributed by atoms with Gasteiger partial charge in [0.15, 0.2) is 0 Å². The first kappa shape index (κ1) is 19.3. The second-order valence-corrected chi connectivity index (χ2v) is 8.54. The van der Waals surface area contributed by atoms with E-state index in [0.717, 1.165) is 13.3 Å². The van der Waals surface area contributed by atoms with Gasteiger partial charge in [-0.15, -0.1) is 0 Å². The fourth-order valence-electron chi connectivity index (χ4n) is 3.41. The van der Waals surface area contributed by atoms with E-state index in [0.29, 0.717) is 12.1 Å². The van der Waals surface area contributed by atoms with Crippen LogP contribution in [0.1, 0.15) is 27.4 Å². The van der Waals surface area contributed by atoms with Crippen molar-refractivity contribution < 1.29 is 48.3 Å². The van der Waals surface area contributed by atoms with Crippen LogP contribution in [0.4, 0.5) is 32.0 Å². The van der Waals surface area contributed by atoms with Crippen LogP contribution in [0.15, 0.2) is 23.2 Å². The van der Waals surface area contributed by atoms with Crippen LogP contribution in [0.25, 0.3) is 0 Å². The van der Waals surface area contributed by atoms with Gasteiger partial charge in [0.1, 0.15) is 22.1 Å². The summed E-state index contributed by atoms with van der Waals surface area (Å²) in [5.41, 5.74) is -4.61. The van der Waals surface area contributed by atoms with E-state index in [1.54, 1.807) is 0 Å². The summed E-state index contributed by atoms with van der Waals surface area (Å²) in [4.78, 5) is 2.08. The summed E-state index contributed by atoms with van der Waals surface area (Å²) in [6.07, 6.45) is -8.75. The van der Waals surface area contributed by atoms with E-state index in [4.69, 9.17) is 8.85 Å². The lowest BCUT2D eigenvalue weighted by Gasteiger charge is -2.35. The molecule has 172 valence electrons. The normalized spacial score (nSPS) is 21.2. The number of ether oxygens (including phenoxy) is 2. The van der Waals surface area contributed by atoms with E-state index >= 15 is 0 Å². The second-order valence-electron chi connectivity index (χ2n) is 6.89. The van der Waals surface area contributed by atoms with E-state index in [1.807, 2.05) is 4.72 Å². The maximum Gasteiger partial charge on any atom is 0.419 e. The predicted octanol–water partition coefficient (Wildman–Crippen LogP) is 4.12. The summed E-state index contributed by atoms with van der Waals surface area (Å²) in [5, 5.41) is 0. The molecule has 0 saturated heterocycles. The number of H-pyrrole nitrogens is 1. The van der Waals surface area contributed by atoms with E-state index in [1.165, 1.54) is 0 Å². The van der Waals surface area contributed by atoms with E-state index in [2.05, 4.69) is 9.72 Å². The highest BCUT2D eigenvalue weighted by Crippen LogP contribution is 2.40. The molecular formula is C18H18F6N2O4S. The first-order valence-electron chi connectivity index (χ1n) is 10.1. The molecule has 0 bridgehead atoms. The third kappa shape index (κ3) is 4.20. The van der Waals surface area contributed by atoms with Gasteiger partial charge in [-0.25, -0.2) is 21.6 Å². The Labute approximate surface area is 177 Å². The number of fused-ring (bicyclic) bond motifs is 1. The van der Waals surface area contributed by atoms with Crippen molar-refractivity contribution in [3.05, 3.63) is 41.0 Å². The second kappa shape index (κ2) is 7.93. The number of aromatic nitrogens is 1. The first-order chi connectivity index (χ1) is 15.5. The number of aromatic amines is 1. The summed E-state index contributed by atoms with van der Waals surface area (Å²) in [6, 6.07) is 0.604. The standard InChI is InChI=1S/C18H18F6N2O4S/c1-29-14-5-10(18(22,23)24)11(19)6-12(14)26-31(27,28)15-8-25-13-7-17(30-2,16(20)21)4-3-9(13)15/h5-6,8,16,25-26H,3-4,7H2,1-2H3/t17-/m1/s1/i2D3. The highest BCUT2D eigenvalue weighted by Gasteiger charge is 2.45. The molecule has 6 nitrogen and oxygen atoms in total. The van der Waals surface area contributed by atoms with Crippen LogP contribution in [0.5, 0.6) is 5.75 Å². The molecule has 0 fully saturated rings. The quantitative estimate of drug-likeness (QED) is 0.616. The van der Waals surface area contributed by atoms with Crippen LogP contribution < -0.4 is 9.46 Å². The van der Waals surface area contributed by atoms with Gasteiger partial charge in [-0.2, -0.15) is 13.2 Å². The van der Waals surface area contributed by atoms with E-state index in [9.17, 15) is 34.8 Å². The Morgan fingerprint density at radius 1 is 1.32 bits per heavy atom. The first-order valence-corrected chi connectivity index (χ1v) is 10.1. The van der Waals surface area contributed by atoms with Gasteiger partial charge < -0.3 is 14.5 Å². The molecule has 1 heterocycles. The van der Waals surface area contributed by atoms with Crippen LogP contribution in [0.3, 0.4) is 0 Å². The summed E-state index contributed by atoms with van der Waals surface area (Å²) in [5.74, 6) is -2.35. The van der Waals surface area contributed by atoms with E-state index in [-0.39, 0.29) is 17.7 Å². The molecule has 31 heavy (non-hydrogen) atoms. The molecule has 0 unspecified atom stereocenters. The molecule has 0 spiro atoms. The molecule has 13 heteroatoms. The molecule has 1 aromatic heterocycles. The number of methoxy groups -OCH3 is 2. The molecule has 0 saturated carbocycles. The predicted molar refractivity (Wildman–Crippen MR) is 97.3 cm³/mol. The number of benzene rings is 1. The molecule has 0 aliphatic heterocycles. The largest absolute Gasteiger partial charge is 0.495 e. The molecule has 2 N–H and O–H groups in total. The maximum atomic E-state index is 14.0. The SMILES string of the molecule is [2H]C([2H])([2H])O[C@]1(C(F)F)CCc2c(S(=O)(=O)Nc3cc(F)c(C(F)(F)F)cc3OC)c[nH]c2C1. The molecule has 0 radical (unpaired) electrons. The molecule has 0 amide bonds. The average molecular weight is 475 g/mol. The molecule has 1 atom stereocenters. The highest BCUT2D eigenvalue weighted by molar-refractivity contribution is 7.92. The minimum atomic E-state index is -5.05. The highest BCUT2D eigenvalue weighted by atomic mass is 32.2. The number of hydrogen-bond donors (Lipinski definition) is 2. The topological polar surface area (TPSA) is 80.4 Å². The van der Waals surface area contributed by atoms with Crippen LogP contribution in [0, 0.1) is 5.82 Å². The summed E-state index contributed by atoms with van der Waals surface area (Å²) >= 11 is 0. The van der Waals surface area contributed by atoms with Gasteiger partial charge >= 0.3 is 6.18 Å². The number of halogens is 6. The van der Waals surface area contributed by atoms with Crippen molar-refractivity contribution in [1.82, 2.24) is 4.98 Å². The van der Waals surface area contributed by atoms with Crippen LogP contribution in [-0.4, -0.2) is 39.6 Å². The Kier molecular flexibility index (Phi) is 4.94. The lowest BCUT2D eigenvalue weighted by atomic mass is 9.84. The van der Waals surface area contributed by atoms with Crippen LogP contribution in [0.2, 0.25) is 0 Å². The van der Waals surface area contributed by atoms with Crippen LogP contribution >= 0.6 is 0 Å². The van der Waals surface area contributed by atoms with Gasteiger partial charge in [0, 0.05) is 31.4 Å². The Morgan fingerprint density at radius 3 is 2.61 bits per heavy atom. The van der Waals surface area contributed by atoms with Crippen molar-refractivity contribution >= 4 is 15.7 Å². The van der Waals surface area contributed by atoms with Gasteiger partial charge in [-0.05, 0) is 24.5 Å². The van der Waals surface area contributed by atoms with Crippen molar-refractivity contribution in [3.63, 3.8) is 0 Å². The minimum Gasteiger partial charge on any atom is -0.495 e. The zero-order valence-electron chi connectivity index (χ0n) is 18.7. The molecule has 1 aliphatic carbocycles. The lowest BCUT2D eigenvalue weighted by molar-refractivity contribution is -0.140. The minimum absolute atomic E-state index is 0.0123. The van der Waals surface area contributed by atoms with Gasteiger partial charge in [-0.3, -0.25) is 4.72 Å². The molecule has 1 aliphatic rings. The molecular weight excluding hydrogens is 454 g/mol. The molecule has 2 aromatic rings. The summed E-state index contributed by atoms with van der Waals surface area (Å²) < 4.78 is 139. The molecule has 3 rings (SSSR count). The average Bonchev–Trinajstić information content (AvgIpc) is 3.09. The number of sulfonamides is 1. The Morgan fingerprint density at radius 2 is 2.03 bits per heavy atom. The van der Waals surface area contributed by atoms with Crippen molar-refractivity contribution in [2.24, 2.45) is 0 Å². The third-order valence-corrected chi connectivity index (χ3v) is 6.47. The van der Waals surface area contributed by atoms with Crippen LogP contribution in [-0.2, 0) is 33.8 Å². The Bertz CT molecular complexity index is 1180. The number of rotatable bonds is 6. The lowest BCUT2D eigenvalue weighted by Crippen LogP contribution is -2.44. The van der Waals surface area contributed by atoms with Crippen molar-refractivity contribution in [3.8, 4) is 5.75 Å². The van der Waals surface area contributed by atoms with Crippen molar-refractivity contribution in [2.75, 3.05) is 18.9 Å². The fourth-order valence-corrected chi connectivity index (χ4v) is 4.73. The number of nitrogens with one attached hydrogen (secondary N) is 2. The number of hydrogen-bond acceptors (Lipinski definition) is 4. The van der Waals surface area contributed by atoms with Gasteiger partial charge in [0.2, 0.25) is 0 Å². The Balaban J connectivity index is 1.95. The zero-order valence-corrected chi connectivity index (χ0v) is 16.6. The third-order valence-electron chi connectivity index (χ3n) is 5.04. The van der Waals surface area contributed by atoms with Crippen molar-refractivity contribution in [1.29, 1.82) is 0 Å². The van der Waals surface area contributed by atoms with E-state index < -0.39 is 75.8 Å². The number of alkyl halides is 5. The van der Waals surface area contributed by atoms with Gasteiger partial charge in [0.05, 0.1) is 22.5 Å². The number of anilines is 1. The fraction of sp³-hybridized carbons (Fsp3) is 0.444. The molecule has 1 aromatic carbocycles. The van der Waals surface area contributed by atoms with Crippen molar-refractivity contribution in [2.45, 2.75) is 42.4 Å². The Hall–Kier alpha value is -2.41. The smallest absolute Gasteiger partial charge is 0.419 e. The monoisotopic (exact) mass is 475 g/mol. The van der Waals surface area contributed by atoms with Gasteiger partial charge in [0.25, 0.3) is 16.4 Å². The van der Waals surface area contributed by atoms with Gasteiger partial charge in [-0.1, -0.05) is 0 Å². The maximum absolute atomic E-state index is 14.0. The zero-order chi connectivity index (χ0) is 25.7. The summed E-state index contributed by atoms with van der Waals surface area (Å²) in [6.45, 7) is 0.